The van der Waals surface area contributed by atoms with Crippen LogP contribution in [0.2, 0.25) is 0 Å². The van der Waals surface area contributed by atoms with Gasteiger partial charge in [-0.2, -0.15) is 0 Å². The minimum Gasteiger partial charge on any atom is -0.329 e. The van der Waals surface area contributed by atoms with E-state index in [9.17, 15) is 0 Å². The molecule has 1 atom stereocenters. The lowest BCUT2D eigenvalue weighted by Gasteiger charge is -2.45. The third kappa shape index (κ3) is 4.16. The van der Waals surface area contributed by atoms with E-state index >= 15 is 0 Å². The van der Waals surface area contributed by atoms with Crippen LogP contribution in [0, 0.1) is 0 Å². The summed E-state index contributed by atoms with van der Waals surface area (Å²) in [5.74, 6) is 0. The molecule has 3 rings (SSSR count). The highest BCUT2D eigenvalue weighted by molar-refractivity contribution is 5.43. The number of rotatable bonds is 9. The quantitative estimate of drug-likeness (QED) is 0.538. The molecule has 0 fully saturated rings. The van der Waals surface area contributed by atoms with E-state index in [-0.39, 0.29) is 6.04 Å². The molecular weight excluding hydrogens is 344 g/mol. The van der Waals surface area contributed by atoms with Gasteiger partial charge in [-0.05, 0) is 16.7 Å². The van der Waals surface area contributed by atoms with Crippen LogP contribution in [0.5, 0.6) is 0 Å². The second-order valence-corrected chi connectivity index (χ2v) is 7.03. The Bertz CT molecular complexity index is 775. The van der Waals surface area contributed by atoms with Crippen molar-refractivity contribution in [1.82, 2.24) is 4.90 Å². The van der Waals surface area contributed by atoms with Crippen molar-refractivity contribution in [3.05, 3.63) is 108 Å². The molecule has 4 nitrogen and oxygen atoms in total. The summed E-state index contributed by atoms with van der Waals surface area (Å²) < 4.78 is 0. The van der Waals surface area contributed by atoms with Crippen LogP contribution in [0.3, 0.4) is 0 Å². The maximum absolute atomic E-state index is 7.36. The summed E-state index contributed by atoms with van der Waals surface area (Å²) in [6.45, 7) is 2.52. The molecule has 28 heavy (non-hydrogen) atoms. The molecule has 0 amide bonds. The van der Waals surface area contributed by atoms with Crippen molar-refractivity contribution in [1.29, 1.82) is 0 Å². The first-order valence-electron chi connectivity index (χ1n) is 9.81. The first-order chi connectivity index (χ1) is 13.7. The highest BCUT2D eigenvalue weighted by Crippen LogP contribution is 2.42. The van der Waals surface area contributed by atoms with Crippen LogP contribution in [0.15, 0.2) is 91.0 Å². The molecule has 0 saturated heterocycles. The molecule has 0 spiro atoms. The Morgan fingerprint density at radius 3 is 1.43 bits per heavy atom. The van der Waals surface area contributed by atoms with Crippen LogP contribution in [-0.4, -0.2) is 31.1 Å². The Morgan fingerprint density at radius 1 is 0.643 bits per heavy atom. The van der Waals surface area contributed by atoms with Crippen molar-refractivity contribution < 1.29 is 0 Å². The Labute approximate surface area is 168 Å². The van der Waals surface area contributed by atoms with Crippen LogP contribution in [0.4, 0.5) is 0 Å². The molecule has 0 bridgehead atoms. The smallest absolute Gasteiger partial charge is 0.0865 e. The van der Waals surface area contributed by atoms with Gasteiger partial charge < -0.3 is 17.2 Å². The maximum Gasteiger partial charge on any atom is 0.0865 e. The fourth-order valence-electron chi connectivity index (χ4n) is 4.01. The predicted octanol–water partition coefficient (Wildman–Crippen LogP) is 2.85. The van der Waals surface area contributed by atoms with Crippen molar-refractivity contribution in [2.24, 2.45) is 17.2 Å². The molecular formula is C24H30N4. The highest BCUT2D eigenvalue weighted by atomic mass is 15.2. The summed E-state index contributed by atoms with van der Waals surface area (Å²) >= 11 is 0. The van der Waals surface area contributed by atoms with Crippen LogP contribution in [-0.2, 0) is 5.54 Å². The van der Waals surface area contributed by atoms with Crippen molar-refractivity contribution in [2.45, 2.75) is 11.6 Å². The minimum atomic E-state index is -0.756. The van der Waals surface area contributed by atoms with Crippen molar-refractivity contribution >= 4 is 0 Å². The molecule has 0 saturated carbocycles. The molecule has 0 heterocycles. The molecule has 0 radical (unpaired) electrons. The third-order valence-electron chi connectivity index (χ3n) is 5.25. The third-order valence-corrected chi connectivity index (χ3v) is 5.25. The summed E-state index contributed by atoms with van der Waals surface area (Å²) in [5.41, 5.74) is 21.8. The molecule has 1 unspecified atom stereocenters. The van der Waals surface area contributed by atoms with Crippen LogP contribution in [0.25, 0.3) is 0 Å². The first kappa shape index (κ1) is 20.2. The number of nitrogens with two attached hydrogens (primary N) is 3. The summed E-state index contributed by atoms with van der Waals surface area (Å²) in [7, 11) is 0. The molecule has 3 aromatic rings. The number of benzene rings is 3. The van der Waals surface area contributed by atoms with Crippen molar-refractivity contribution in [2.75, 3.05) is 26.2 Å². The minimum absolute atomic E-state index is 0.106. The molecule has 0 aliphatic heterocycles. The Morgan fingerprint density at radius 2 is 1.04 bits per heavy atom. The Kier molecular flexibility index (Phi) is 6.95. The highest BCUT2D eigenvalue weighted by Gasteiger charge is 2.42. The lowest BCUT2D eigenvalue weighted by atomic mass is 9.74. The second kappa shape index (κ2) is 9.62. The number of hydrogen-bond donors (Lipinski definition) is 3. The van der Waals surface area contributed by atoms with E-state index in [1.54, 1.807) is 0 Å². The van der Waals surface area contributed by atoms with E-state index in [0.29, 0.717) is 13.1 Å². The fraction of sp³-hybridized carbons (Fsp3) is 0.250. The van der Waals surface area contributed by atoms with E-state index in [2.05, 4.69) is 53.4 Å². The van der Waals surface area contributed by atoms with Crippen molar-refractivity contribution in [3.63, 3.8) is 0 Å². The Balaban J connectivity index is 2.25. The lowest BCUT2D eigenvalue weighted by Crippen LogP contribution is -2.53. The standard InChI is InChI=1S/C24H30N4/c25-16-18-28(19-17-26)23(20-10-4-1-5-11-20)24(27,21-12-6-2-7-13-21)22-14-8-3-9-15-22/h1-15,23H,16-19,25-27H2. The van der Waals surface area contributed by atoms with E-state index in [0.717, 1.165) is 29.8 Å². The van der Waals surface area contributed by atoms with Gasteiger partial charge >= 0.3 is 0 Å². The zero-order chi connectivity index (χ0) is 19.8. The van der Waals surface area contributed by atoms with Gasteiger partial charge in [0.25, 0.3) is 0 Å². The van der Waals surface area contributed by atoms with Gasteiger partial charge in [-0.25, -0.2) is 0 Å². The molecule has 3 aromatic carbocycles. The molecule has 0 aromatic heterocycles. The monoisotopic (exact) mass is 374 g/mol. The summed E-state index contributed by atoms with van der Waals surface area (Å²) in [6.07, 6.45) is 0. The van der Waals surface area contributed by atoms with Gasteiger partial charge in [0.1, 0.15) is 0 Å². The second-order valence-electron chi connectivity index (χ2n) is 7.03. The van der Waals surface area contributed by atoms with Gasteiger partial charge in [-0.15, -0.1) is 0 Å². The maximum atomic E-state index is 7.36. The van der Waals surface area contributed by atoms with Gasteiger partial charge in [0.2, 0.25) is 0 Å². The zero-order valence-electron chi connectivity index (χ0n) is 16.2. The van der Waals surface area contributed by atoms with E-state index in [4.69, 9.17) is 17.2 Å². The number of nitrogens with zero attached hydrogens (tertiary/aromatic N) is 1. The normalized spacial score (nSPS) is 12.9. The van der Waals surface area contributed by atoms with E-state index < -0.39 is 5.54 Å². The summed E-state index contributed by atoms with van der Waals surface area (Å²) in [6, 6.07) is 30.9. The zero-order valence-corrected chi connectivity index (χ0v) is 16.2. The largest absolute Gasteiger partial charge is 0.329 e. The molecule has 146 valence electrons. The van der Waals surface area contributed by atoms with Gasteiger partial charge in [0, 0.05) is 26.2 Å². The average Bonchev–Trinajstić information content (AvgIpc) is 2.76. The van der Waals surface area contributed by atoms with Gasteiger partial charge in [0.05, 0.1) is 11.6 Å². The Hall–Kier alpha value is -2.50. The van der Waals surface area contributed by atoms with E-state index in [1.165, 1.54) is 0 Å². The number of hydrogen-bond acceptors (Lipinski definition) is 4. The van der Waals surface area contributed by atoms with Crippen molar-refractivity contribution in [3.8, 4) is 0 Å². The molecule has 6 N–H and O–H groups in total. The van der Waals surface area contributed by atoms with Gasteiger partial charge in [-0.3, -0.25) is 4.90 Å². The first-order valence-corrected chi connectivity index (χ1v) is 9.81. The lowest BCUT2D eigenvalue weighted by molar-refractivity contribution is 0.144. The van der Waals surface area contributed by atoms with Gasteiger partial charge in [0.15, 0.2) is 0 Å². The van der Waals surface area contributed by atoms with Crippen LogP contribution in [0.1, 0.15) is 22.7 Å². The van der Waals surface area contributed by atoms with E-state index in [1.807, 2.05) is 42.5 Å². The topological polar surface area (TPSA) is 81.3 Å². The SMILES string of the molecule is NCCN(CCN)C(c1ccccc1)C(N)(c1ccccc1)c1ccccc1. The summed E-state index contributed by atoms with van der Waals surface area (Å²) in [4.78, 5) is 2.31. The fourth-order valence-corrected chi connectivity index (χ4v) is 4.01. The van der Waals surface area contributed by atoms with Crippen LogP contribution >= 0.6 is 0 Å². The molecule has 4 heteroatoms. The van der Waals surface area contributed by atoms with Gasteiger partial charge in [-0.1, -0.05) is 91.0 Å². The predicted molar refractivity (Wildman–Crippen MR) is 117 cm³/mol. The van der Waals surface area contributed by atoms with Crippen LogP contribution < -0.4 is 17.2 Å². The summed E-state index contributed by atoms with van der Waals surface area (Å²) in [5, 5.41) is 0. The molecule has 0 aliphatic carbocycles. The molecule has 0 aliphatic rings. The average molecular weight is 375 g/mol.